The first-order valence-corrected chi connectivity index (χ1v) is 9.23. The number of ketones is 2. The second-order valence-electron chi connectivity index (χ2n) is 7.40. The van der Waals surface area contributed by atoms with Gasteiger partial charge in [0.1, 0.15) is 0 Å². The molecule has 0 fully saturated rings. The van der Waals surface area contributed by atoms with E-state index < -0.39 is 0 Å². The molecule has 0 saturated carbocycles. The molecule has 5 rings (SSSR count). The van der Waals surface area contributed by atoms with Crippen LogP contribution in [0.4, 0.5) is 0 Å². The van der Waals surface area contributed by atoms with Crippen LogP contribution in [0.15, 0.2) is 66.4 Å². The highest BCUT2D eigenvalue weighted by Gasteiger charge is 2.37. The summed E-state index contributed by atoms with van der Waals surface area (Å²) in [4.78, 5) is 25.8. The average molecular weight is 353 g/mol. The molecule has 1 heterocycles. The van der Waals surface area contributed by atoms with Crippen molar-refractivity contribution < 1.29 is 9.59 Å². The van der Waals surface area contributed by atoms with E-state index in [4.69, 9.17) is 0 Å². The molecule has 1 atom stereocenters. The highest BCUT2D eigenvalue weighted by molar-refractivity contribution is 6.43. The van der Waals surface area contributed by atoms with Crippen LogP contribution in [0.2, 0.25) is 0 Å². The van der Waals surface area contributed by atoms with Crippen molar-refractivity contribution in [3.63, 3.8) is 0 Å². The van der Waals surface area contributed by atoms with Gasteiger partial charge in [0.05, 0.1) is 6.42 Å². The summed E-state index contributed by atoms with van der Waals surface area (Å²) in [5.41, 5.74) is 6.28. The lowest BCUT2D eigenvalue weighted by Crippen LogP contribution is -1.99. The Labute approximate surface area is 157 Å². The molecule has 0 radical (unpaired) electrons. The van der Waals surface area contributed by atoms with E-state index in [-0.39, 0.29) is 23.9 Å². The van der Waals surface area contributed by atoms with E-state index in [0.717, 1.165) is 27.6 Å². The molecular weight excluding hydrogens is 334 g/mol. The minimum absolute atomic E-state index is 0.0399. The maximum Gasteiger partial charge on any atom is 0.172 e. The number of Topliss-reactive ketones (excluding diaryl/α,β-unsaturated/α-hetero) is 2. The Morgan fingerprint density at radius 2 is 1.59 bits per heavy atom. The van der Waals surface area contributed by atoms with Crippen molar-refractivity contribution in [2.24, 2.45) is 7.05 Å². The fraction of sp³-hybridized carbons (Fsp3) is 0.167. The van der Waals surface area contributed by atoms with Gasteiger partial charge in [0.15, 0.2) is 11.6 Å². The lowest BCUT2D eigenvalue weighted by molar-refractivity contribution is -0.120. The first-order chi connectivity index (χ1) is 13.1. The monoisotopic (exact) mass is 353 g/mol. The summed E-state index contributed by atoms with van der Waals surface area (Å²) in [6, 6.07) is 16.2. The third-order valence-corrected chi connectivity index (χ3v) is 5.72. The number of hydrogen-bond donors (Lipinski definition) is 0. The molecule has 3 nitrogen and oxygen atoms in total. The van der Waals surface area contributed by atoms with Crippen LogP contribution in [-0.4, -0.2) is 16.1 Å². The first kappa shape index (κ1) is 16.0. The van der Waals surface area contributed by atoms with Crippen molar-refractivity contribution in [1.82, 2.24) is 4.57 Å². The number of nitrogens with zero attached hydrogens (tertiary/aromatic N) is 1. The zero-order valence-electron chi connectivity index (χ0n) is 15.3. The topological polar surface area (TPSA) is 39.1 Å². The number of para-hydroxylation sites is 1. The predicted octanol–water partition coefficient (Wildman–Crippen LogP) is 4.67. The number of aryl methyl sites for hydroxylation is 1. The molecule has 0 spiro atoms. The van der Waals surface area contributed by atoms with E-state index in [0.29, 0.717) is 11.1 Å². The number of benzene rings is 2. The molecule has 0 bridgehead atoms. The number of hydrogen-bond acceptors (Lipinski definition) is 2. The van der Waals surface area contributed by atoms with Crippen LogP contribution in [0.5, 0.6) is 0 Å². The van der Waals surface area contributed by atoms with Crippen LogP contribution in [0.25, 0.3) is 22.0 Å². The molecule has 2 aliphatic rings. The number of aromatic nitrogens is 1. The standard InChI is InChI=1S/C24H19NO2/c1-14-11-18(16-8-4-3-7-15(14)16)23-21(26)12-22(27)24(23)19-13-25(2)20-10-6-5-9-17(19)20/h3-11,13-14H,12H2,1-2H3. The zero-order valence-corrected chi connectivity index (χ0v) is 15.3. The molecule has 0 N–H and O–H groups in total. The molecule has 0 amide bonds. The molecule has 3 heteroatoms. The van der Waals surface area contributed by atoms with Gasteiger partial charge in [-0.05, 0) is 22.8 Å². The van der Waals surface area contributed by atoms with Crippen molar-refractivity contribution in [3.8, 4) is 0 Å². The summed E-state index contributed by atoms with van der Waals surface area (Å²) in [5, 5.41) is 1.01. The van der Waals surface area contributed by atoms with Crippen LogP contribution in [0.1, 0.15) is 36.0 Å². The van der Waals surface area contributed by atoms with Gasteiger partial charge in [0.2, 0.25) is 0 Å². The second-order valence-corrected chi connectivity index (χ2v) is 7.40. The van der Waals surface area contributed by atoms with E-state index in [2.05, 4.69) is 25.1 Å². The predicted molar refractivity (Wildman–Crippen MR) is 107 cm³/mol. The molecule has 0 aliphatic heterocycles. The Balaban J connectivity index is 1.81. The van der Waals surface area contributed by atoms with Gasteiger partial charge in [0, 0.05) is 46.8 Å². The molecule has 2 aromatic carbocycles. The summed E-state index contributed by atoms with van der Waals surface area (Å²) in [6.07, 6.45) is 4.06. The van der Waals surface area contributed by atoms with Crippen molar-refractivity contribution in [1.29, 1.82) is 0 Å². The molecule has 2 aliphatic carbocycles. The van der Waals surface area contributed by atoms with Crippen molar-refractivity contribution in [2.75, 3.05) is 0 Å². The summed E-state index contributed by atoms with van der Waals surface area (Å²) in [7, 11) is 1.97. The quantitative estimate of drug-likeness (QED) is 0.628. The average Bonchev–Trinajstić information content (AvgIpc) is 3.27. The number of carbonyl (C=O) groups excluding carboxylic acids is 2. The molecule has 27 heavy (non-hydrogen) atoms. The SMILES string of the molecule is CC1C=C(C2=C(c3cn(C)c4ccccc34)C(=O)CC2=O)c2ccccc21. The van der Waals surface area contributed by atoms with Crippen molar-refractivity contribution >= 4 is 33.6 Å². The molecule has 132 valence electrons. The summed E-state index contributed by atoms with van der Waals surface area (Å²) in [6.45, 7) is 2.13. The van der Waals surface area contributed by atoms with Gasteiger partial charge in [-0.15, -0.1) is 0 Å². The third-order valence-electron chi connectivity index (χ3n) is 5.72. The maximum atomic E-state index is 12.9. The Morgan fingerprint density at radius 3 is 2.44 bits per heavy atom. The van der Waals surface area contributed by atoms with Crippen LogP contribution in [0, 0.1) is 0 Å². The van der Waals surface area contributed by atoms with Crippen LogP contribution in [0.3, 0.4) is 0 Å². The van der Waals surface area contributed by atoms with Gasteiger partial charge in [-0.3, -0.25) is 9.59 Å². The Hall–Kier alpha value is -3.20. The van der Waals surface area contributed by atoms with Crippen LogP contribution in [-0.2, 0) is 16.6 Å². The summed E-state index contributed by atoms with van der Waals surface area (Å²) >= 11 is 0. The van der Waals surface area contributed by atoms with Crippen molar-refractivity contribution in [2.45, 2.75) is 19.3 Å². The minimum Gasteiger partial charge on any atom is -0.350 e. The van der Waals surface area contributed by atoms with Gasteiger partial charge < -0.3 is 4.57 Å². The maximum absolute atomic E-state index is 12.9. The molecule has 1 unspecified atom stereocenters. The fourth-order valence-electron chi connectivity index (χ4n) is 4.50. The van der Waals surface area contributed by atoms with Crippen LogP contribution < -0.4 is 0 Å². The number of allylic oxidation sites excluding steroid dienone is 4. The third kappa shape index (κ3) is 2.21. The lowest BCUT2D eigenvalue weighted by atomic mass is 9.92. The Morgan fingerprint density at radius 1 is 0.889 bits per heavy atom. The van der Waals surface area contributed by atoms with Gasteiger partial charge >= 0.3 is 0 Å². The lowest BCUT2D eigenvalue weighted by Gasteiger charge is -2.09. The largest absolute Gasteiger partial charge is 0.350 e. The normalized spacial score (nSPS) is 19.2. The smallest absolute Gasteiger partial charge is 0.172 e. The van der Waals surface area contributed by atoms with Gasteiger partial charge in [-0.25, -0.2) is 0 Å². The second kappa shape index (κ2) is 5.65. The van der Waals surface area contributed by atoms with E-state index in [1.165, 1.54) is 5.56 Å². The molecule has 1 aromatic heterocycles. The van der Waals surface area contributed by atoms with E-state index in [1.54, 1.807) is 0 Å². The molecular formula is C24H19NO2. The fourth-order valence-corrected chi connectivity index (χ4v) is 4.50. The van der Waals surface area contributed by atoms with Crippen LogP contribution >= 0.6 is 0 Å². The Bertz CT molecular complexity index is 1210. The Kier molecular flexibility index (Phi) is 3.35. The van der Waals surface area contributed by atoms with E-state index >= 15 is 0 Å². The number of rotatable bonds is 2. The number of carbonyl (C=O) groups is 2. The summed E-state index contributed by atoms with van der Waals surface area (Å²) in [5.74, 6) is 0.0864. The van der Waals surface area contributed by atoms with E-state index in [1.807, 2.05) is 54.2 Å². The first-order valence-electron chi connectivity index (χ1n) is 9.23. The van der Waals surface area contributed by atoms with Gasteiger partial charge in [0.25, 0.3) is 0 Å². The van der Waals surface area contributed by atoms with Gasteiger partial charge in [-0.1, -0.05) is 55.5 Å². The minimum atomic E-state index is -0.0794. The highest BCUT2D eigenvalue weighted by Crippen LogP contribution is 2.45. The van der Waals surface area contributed by atoms with Gasteiger partial charge in [-0.2, -0.15) is 0 Å². The number of fused-ring (bicyclic) bond motifs is 2. The van der Waals surface area contributed by atoms with Crippen molar-refractivity contribution in [3.05, 3.63) is 83.1 Å². The zero-order chi connectivity index (χ0) is 18.7. The molecule has 0 saturated heterocycles. The highest BCUT2D eigenvalue weighted by atomic mass is 16.2. The molecule has 3 aromatic rings. The summed E-state index contributed by atoms with van der Waals surface area (Å²) < 4.78 is 2.02. The van der Waals surface area contributed by atoms with E-state index in [9.17, 15) is 9.59 Å².